The molecule has 16 valence electrons. The normalized spacial score (nSPS) is 0. The Labute approximate surface area is 44.7 Å². The van der Waals surface area contributed by atoms with Gasteiger partial charge in [-0.2, -0.15) is 0 Å². The Morgan fingerprint density at radius 1 is 0.750 bits per heavy atom. The van der Waals surface area contributed by atoms with Crippen molar-refractivity contribution in [3.8, 4) is 0 Å². The van der Waals surface area contributed by atoms with Crippen molar-refractivity contribution in [1.29, 1.82) is 0 Å². The molecule has 0 aromatic heterocycles. The van der Waals surface area contributed by atoms with Crippen LogP contribution in [0.2, 0.25) is 0 Å². The van der Waals surface area contributed by atoms with E-state index in [2.05, 4.69) is 0 Å². The van der Waals surface area contributed by atoms with Gasteiger partial charge in [0.1, 0.15) is 0 Å². The molecule has 0 heterocycles. The van der Waals surface area contributed by atoms with Gasteiger partial charge in [0.25, 0.3) is 0 Å². The van der Waals surface area contributed by atoms with Crippen LogP contribution in [0.1, 0.15) is 0 Å². The van der Waals surface area contributed by atoms with Crippen LogP contribution in [0.3, 0.4) is 0 Å². The minimum atomic E-state index is 0. The molecule has 0 amide bonds. The standard InChI is InChI=1S/2O.Si.Ta/q2*-2;+4;+5. The number of hydrogen-bond acceptors (Lipinski definition) is 0. The van der Waals surface area contributed by atoms with E-state index >= 15 is 0 Å². The van der Waals surface area contributed by atoms with E-state index in [1.165, 1.54) is 0 Å². The van der Waals surface area contributed by atoms with Gasteiger partial charge in [0, 0.05) is 0 Å². The van der Waals surface area contributed by atoms with E-state index in [9.17, 15) is 0 Å². The third-order valence-corrected chi connectivity index (χ3v) is 0. The van der Waals surface area contributed by atoms with Crippen molar-refractivity contribution in [3.05, 3.63) is 0 Å². The molecule has 0 aliphatic heterocycles. The van der Waals surface area contributed by atoms with Crippen molar-refractivity contribution in [2.45, 2.75) is 0 Å². The van der Waals surface area contributed by atoms with E-state index in [-0.39, 0.29) is 44.3 Å². The summed E-state index contributed by atoms with van der Waals surface area (Å²) in [4.78, 5) is 0. The van der Waals surface area contributed by atoms with Crippen molar-refractivity contribution in [3.63, 3.8) is 0 Å². The van der Waals surface area contributed by atoms with Crippen LogP contribution in [-0.2, 0) is 33.3 Å². The second kappa shape index (κ2) is 41.7. The fourth-order valence-electron chi connectivity index (χ4n) is 0. The van der Waals surface area contributed by atoms with Gasteiger partial charge >= 0.3 is 33.3 Å². The Hall–Kier alpha value is 0.877. The van der Waals surface area contributed by atoms with Crippen LogP contribution in [0.4, 0.5) is 0 Å². The maximum Gasteiger partial charge on any atom is 5.00 e. The van der Waals surface area contributed by atoms with Crippen LogP contribution >= 0.6 is 0 Å². The number of hydrogen-bond donors (Lipinski definition) is 0. The zero-order valence-corrected chi connectivity index (χ0v) is 5.98. The van der Waals surface area contributed by atoms with E-state index in [1.54, 1.807) is 0 Å². The van der Waals surface area contributed by atoms with Crippen LogP contribution in [0.25, 0.3) is 0 Å². The zero-order valence-electron chi connectivity index (χ0n) is 1.76. The summed E-state index contributed by atoms with van der Waals surface area (Å²) >= 11 is 0. The summed E-state index contributed by atoms with van der Waals surface area (Å²) in [6, 6.07) is 0. The van der Waals surface area contributed by atoms with Gasteiger partial charge in [-0.15, -0.1) is 0 Å². The summed E-state index contributed by atoms with van der Waals surface area (Å²) in [5.74, 6) is 0. The first-order valence-electron chi connectivity index (χ1n) is 0. The van der Waals surface area contributed by atoms with Crippen molar-refractivity contribution in [2.75, 3.05) is 0 Å². The molecule has 0 aliphatic carbocycles. The second-order valence-corrected chi connectivity index (χ2v) is 0. The fourth-order valence-corrected chi connectivity index (χ4v) is 0. The molecule has 0 aromatic carbocycles. The van der Waals surface area contributed by atoms with Crippen LogP contribution in [0.5, 0.6) is 0 Å². The van der Waals surface area contributed by atoms with E-state index in [4.69, 9.17) is 0 Å². The molecule has 0 aromatic rings. The second-order valence-electron chi connectivity index (χ2n) is 0. The molecule has 0 radical (unpaired) electrons. The first kappa shape index (κ1) is 95.3. The molecular formula is O2SiTa+5. The smallest absolute Gasteiger partial charge is 2.00 e. The molecule has 2 nitrogen and oxygen atoms in total. The van der Waals surface area contributed by atoms with Gasteiger partial charge in [0.15, 0.2) is 0 Å². The molecule has 0 atom stereocenters. The topological polar surface area (TPSA) is 57.0 Å². The van der Waals surface area contributed by atoms with Crippen molar-refractivity contribution >= 4 is 11.0 Å². The summed E-state index contributed by atoms with van der Waals surface area (Å²) < 4.78 is 0. The van der Waals surface area contributed by atoms with E-state index in [0.29, 0.717) is 0 Å². The Balaban J connectivity index is 0. The molecule has 0 N–H and O–H groups in total. The average molecular weight is 241 g/mol. The SMILES string of the molecule is [O-2].[O-2].[Si+4].[Ta+5]. The summed E-state index contributed by atoms with van der Waals surface area (Å²) in [7, 11) is 0. The Morgan fingerprint density at radius 3 is 0.750 bits per heavy atom. The monoisotopic (exact) mass is 241 g/mol. The average Bonchev–Trinajstić information content (AvgIpc) is 0. The van der Waals surface area contributed by atoms with E-state index < -0.39 is 0 Å². The van der Waals surface area contributed by atoms with Crippen molar-refractivity contribution in [2.24, 2.45) is 0 Å². The van der Waals surface area contributed by atoms with Gasteiger partial charge in [-0.25, -0.2) is 0 Å². The Morgan fingerprint density at radius 2 is 0.750 bits per heavy atom. The molecular weight excluding hydrogens is 241 g/mol. The third kappa shape index (κ3) is 13.2. The summed E-state index contributed by atoms with van der Waals surface area (Å²) in [5.41, 5.74) is 0. The predicted molar refractivity (Wildman–Crippen MR) is 7.13 cm³/mol. The van der Waals surface area contributed by atoms with Crippen molar-refractivity contribution in [1.82, 2.24) is 0 Å². The van der Waals surface area contributed by atoms with Crippen LogP contribution < -0.4 is 0 Å². The van der Waals surface area contributed by atoms with E-state index in [1.807, 2.05) is 0 Å². The Kier molecular flexibility index (Phi) is 994. The number of rotatable bonds is 0. The molecule has 0 saturated carbocycles. The third-order valence-electron chi connectivity index (χ3n) is 0. The van der Waals surface area contributed by atoms with Crippen LogP contribution in [0.15, 0.2) is 0 Å². The zero-order chi connectivity index (χ0) is 0. The fraction of sp³-hybridized carbons (Fsp3) is 0. The first-order valence-corrected chi connectivity index (χ1v) is 0. The molecule has 4 heavy (non-hydrogen) atoms. The van der Waals surface area contributed by atoms with Crippen LogP contribution in [0, 0.1) is 0 Å². The largest absolute Gasteiger partial charge is 5.00 e. The van der Waals surface area contributed by atoms with Gasteiger partial charge < -0.3 is 11.0 Å². The molecule has 0 unspecified atom stereocenters. The maximum atomic E-state index is 0. The van der Waals surface area contributed by atoms with Gasteiger partial charge in [0.2, 0.25) is 0 Å². The summed E-state index contributed by atoms with van der Waals surface area (Å²) in [6.45, 7) is 0. The van der Waals surface area contributed by atoms with Crippen LogP contribution in [-0.4, -0.2) is 11.0 Å². The molecule has 0 aliphatic rings. The minimum Gasteiger partial charge on any atom is -2.00 e. The Bertz CT molecular complexity index is 6.00. The molecule has 0 spiro atoms. The van der Waals surface area contributed by atoms with Crippen molar-refractivity contribution < 1.29 is 33.3 Å². The minimum absolute atomic E-state index is 0. The molecule has 0 bridgehead atoms. The van der Waals surface area contributed by atoms with Gasteiger partial charge in [0.05, 0.1) is 0 Å². The molecule has 0 saturated heterocycles. The maximum absolute atomic E-state index is 0. The summed E-state index contributed by atoms with van der Waals surface area (Å²) in [5, 5.41) is 0. The predicted octanol–water partition coefficient (Wildman–Crippen LogP) is -0.621. The molecule has 4 heteroatoms. The van der Waals surface area contributed by atoms with Gasteiger partial charge in [-0.3, -0.25) is 0 Å². The molecule has 0 fully saturated rings. The van der Waals surface area contributed by atoms with E-state index in [0.717, 1.165) is 0 Å². The van der Waals surface area contributed by atoms with Gasteiger partial charge in [-0.1, -0.05) is 0 Å². The summed E-state index contributed by atoms with van der Waals surface area (Å²) in [6.07, 6.45) is 0. The van der Waals surface area contributed by atoms with Gasteiger partial charge in [-0.05, 0) is 0 Å². The quantitative estimate of drug-likeness (QED) is 0.507. The molecule has 0 rings (SSSR count). The first-order chi connectivity index (χ1) is 0.